The Balaban J connectivity index is 1.85. The van der Waals surface area contributed by atoms with Gasteiger partial charge in [0, 0.05) is 18.7 Å². The molecule has 0 atom stereocenters. The smallest absolute Gasteiger partial charge is 0.270 e. The van der Waals surface area contributed by atoms with Crippen LogP contribution in [0.25, 0.3) is 0 Å². The summed E-state index contributed by atoms with van der Waals surface area (Å²) in [4.78, 5) is 25.1. The maximum absolute atomic E-state index is 12.3. The number of rotatable bonds is 7. The summed E-state index contributed by atoms with van der Waals surface area (Å²) in [6, 6.07) is 4.03. The van der Waals surface area contributed by atoms with Gasteiger partial charge in [-0.3, -0.25) is 14.9 Å². The number of carbonyl (C=O) groups is 1. The standard InChI is InChI=1S/C17H25N3O4/c1-24-16-8-7-14(20(22)23)13-15(16)17(21)18-9-6-12-19-10-4-2-3-5-11-19/h7-8,13H,2-6,9-12H2,1H3,(H,18,21). The Morgan fingerprint density at radius 2 is 2.00 bits per heavy atom. The molecule has 1 N–H and O–H groups in total. The molecular weight excluding hydrogens is 310 g/mol. The van der Waals surface area contributed by atoms with Crippen LogP contribution in [0.15, 0.2) is 18.2 Å². The van der Waals surface area contributed by atoms with Crippen molar-refractivity contribution in [3.63, 3.8) is 0 Å². The molecule has 1 fully saturated rings. The van der Waals surface area contributed by atoms with Crippen molar-refractivity contribution in [1.29, 1.82) is 0 Å². The van der Waals surface area contributed by atoms with E-state index in [0.29, 0.717) is 12.3 Å². The van der Waals surface area contributed by atoms with Crippen molar-refractivity contribution in [3.8, 4) is 5.75 Å². The number of benzene rings is 1. The first-order chi connectivity index (χ1) is 11.6. The molecule has 1 aromatic rings. The number of non-ortho nitro benzene ring substituents is 1. The molecule has 24 heavy (non-hydrogen) atoms. The van der Waals surface area contributed by atoms with Gasteiger partial charge in [-0.05, 0) is 45.0 Å². The van der Waals surface area contributed by atoms with Crippen molar-refractivity contribution in [2.24, 2.45) is 0 Å². The highest BCUT2D eigenvalue weighted by molar-refractivity contribution is 5.97. The van der Waals surface area contributed by atoms with E-state index < -0.39 is 4.92 Å². The molecule has 0 aliphatic carbocycles. The minimum absolute atomic E-state index is 0.120. The molecule has 0 bridgehead atoms. The molecule has 1 heterocycles. The number of hydrogen-bond donors (Lipinski definition) is 1. The van der Waals surface area contributed by atoms with E-state index in [-0.39, 0.29) is 17.2 Å². The average Bonchev–Trinajstić information content (AvgIpc) is 2.86. The number of nitrogens with one attached hydrogen (secondary N) is 1. The Bertz CT molecular complexity index is 569. The summed E-state index contributed by atoms with van der Waals surface area (Å²) in [5, 5.41) is 13.7. The number of likely N-dealkylation sites (tertiary alicyclic amines) is 1. The third kappa shape index (κ3) is 5.19. The lowest BCUT2D eigenvalue weighted by molar-refractivity contribution is -0.384. The fraction of sp³-hybridized carbons (Fsp3) is 0.588. The Labute approximate surface area is 142 Å². The Morgan fingerprint density at radius 1 is 1.29 bits per heavy atom. The fourth-order valence-electron chi connectivity index (χ4n) is 2.95. The SMILES string of the molecule is COc1ccc([N+](=O)[O-])cc1C(=O)NCCCN1CCCCCC1. The number of nitro benzene ring substituents is 1. The molecule has 0 aromatic heterocycles. The number of methoxy groups -OCH3 is 1. The van der Waals surface area contributed by atoms with E-state index in [1.165, 1.54) is 51.0 Å². The summed E-state index contributed by atoms with van der Waals surface area (Å²) < 4.78 is 5.12. The highest BCUT2D eigenvalue weighted by atomic mass is 16.6. The van der Waals surface area contributed by atoms with Gasteiger partial charge >= 0.3 is 0 Å². The predicted molar refractivity (Wildman–Crippen MR) is 91.5 cm³/mol. The van der Waals surface area contributed by atoms with Gasteiger partial charge in [-0.1, -0.05) is 12.8 Å². The van der Waals surface area contributed by atoms with Gasteiger partial charge in [-0.2, -0.15) is 0 Å². The molecule has 0 radical (unpaired) electrons. The zero-order valence-electron chi connectivity index (χ0n) is 14.1. The van der Waals surface area contributed by atoms with E-state index in [2.05, 4.69) is 10.2 Å². The predicted octanol–water partition coefficient (Wildman–Crippen LogP) is 2.60. The summed E-state index contributed by atoms with van der Waals surface area (Å²) in [5.74, 6) is -0.00275. The molecule has 1 amide bonds. The molecule has 0 spiro atoms. The van der Waals surface area contributed by atoms with Crippen LogP contribution in [-0.4, -0.2) is 49.0 Å². The van der Waals surface area contributed by atoms with Crippen LogP contribution >= 0.6 is 0 Å². The number of nitrogens with zero attached hydrogens (tertiary/aromatic N) is 2. The quantitative estimate of drug-likeness (QED) is 0.470. The molecule has 0 unspecified atom stereocenters. The lowest BCUT2D eigenvalue weighted by Crippen LogP contribution is -2.30. The first-order valence-electron chi connectivity index (χ1n) is 8.45. The van der Waals surface area contributed by atoms with Gasteiger partial charge in [0.1, 0.15) is 5.75 Å². The van der Waals surface area contributed by atoms with Gasteiger partial charge in [0.05, 0.1) is 17.6 Å². The van der Waals surface area contributed by atoms with Crippen molar-refractivity contribution >= 4 is 11.6 Å². The van der Waals surface area contributed by atoms with E-state index >= 15 is 0 Å². The van der Waals surface area contributed by atoms with E-state index in [0.717, 1.165) is 26.1 Å². The van der Waals surface area contributed by atoms with E-state index in [4.69, 9.17) is 4.74 Å². The van der Waals surface area contributed by atoms with Gasteiger partial charge in [0.15, 0.2) is 0 Å². The third-order valence-electron chi connectivity index (χ3n) is 4.27. The highest BCUT2D eigenvalue weighted by Crippen LogP contribution is 2.23. The molecule has 2 rings (SSSR count). The zero-order valence-corrected chi connectivity index (χ0v) is 14.1. The Morgan fingerprint density at radius 3 is 2.62 bits per heavy atom. The van der Waals surface area contributed by atoms with Crippen molar-refractivity contribution in [3.05, 3.63) is 33.9 Å². The first kappa shape index (κ1) is 18.2. The number of amides is 1. The van der Waals surface area contributed by atoms with Gasteiger partial charge in [0.2, 0.25) is 0 Å². The number of nitro groups is 1. The maximum Gasteiger partial charge on any atom is 0.270 e. The van der Waals surface area contributed by atoms with Crippen LogP contribution in [0.2, 0.25) is 0 Å². The van der Waals surface area contributed by atoms with Crippen LogP contribution < -0.4 is 10.1 Å². The Kier molecular flexibility index (Phi) is 6.99. The molecule has 0 saturated carbocycles. The van der Waals surface area contributed by atoms with E-state index in [1.807, 2.05) is 0 Å². The van der Waals surface area contributed by atoms with Crippen LogP contribution in [0.3, 0.4) is 0 Å². The fourth-order valence-corrected chi connectivity index (χ4v) is 2.95. The minimum Gasteiger partial charge on any atom is -0.496 e. The van der Waals surface area contributed by atoms with Crippen LogP contribution in [0, 0.1) is 10.1 Å². The molecule has 1 aliphatic rings. The number of hydrogen-bond acceptors (Lipinski definition) is 5. The summed E-state index contributed by atoms with van der Waals surface area (Å²) in [5.41, 5.74) is 0.0759. The third-order valence-corrected chi connectivity index (χ3v) is 4.27. The van der Waals surface area contributed by atoms with Crippen LogP contribution in [0.1, 0.15) is 42.5 Å². The second kappa shape index (κ2) is 9.22. The largest absolute Gasteiger partial charge is 0.496 e. The maximum atomic E-state index is 12.3. The summed E-state index contributed by atoms with van der Waals surface area (Å²) in [6.07, 6.45) is 5.97. The van der Waals surface area contributed by atoms with E-state index in [9.17, 15) is 14.9 Å². The average molecular weight is 335 g/mol. The lowest BCUT2D eigenvalue weighted by Gasteiger charge is -2.19. The van der Waals surface area contributed by atoms with Crippen molar-refractivity contribution in [1.82, 2.24) is 10.2 Å². The van der Waals surface area contributed by atoms with Gasteiger partial charge in [-0.25, -0.2) is 0 Å². The molecule has 1 aliphatic heterocycles. The second-order valence-corrected chi connectivity index (χ2v) is 6.01. The summed E-state index contributed by atoms with van der Waals surface area (Å²) >= 11 is 0. The summed E-state index contributed by atoms with van der Waals surface area (Å²) in [7, 11) is 1.44. The van der Waals surface area contributed by atoms with Gasteiger partial charge in [-0.15, -0.1) is 0 Å². The lowest BCUT2D eigenvalue weighted by atomic mass is 10.1. The molecule has 1 saturated heterocycles. The van der Waals surface area contributed by atoms with Crippen LogP contribution in [-0.2, 0) is 0 Å². The first-order valence-corrected chi connectivity index (χ1v) is 8.45. The van der Waals surface area contributed by atoms with Gasteiger partial charge < -0.3 is 15.0 Å². The number of ether oxygens (including phenoxy) is 1. The monoisotopic (exact) mass is 335 g/mol. The molecule has 1 aromatic carbocycles. The second-order valence-electron chi connectivity index (χ2n) is 6.01. The summed E-state index contributed by atoms with van der Waals surface area (Å²) in [6.45, 7) is 3.77. The van der Waals surface area contributed by atoms with Gasteiger partial charge in [0.25, 0.3) is 11.6 Å². The molecule has 7 heteroatoms. The number of carbonyl (C=O) groups excluding carboxylic acids is 1. The normalized spacial score (nSPS) is 15.5. The molecule has 132 valence electrons. The Hall–Kier alpha value is -2.15. The van der Waals surface area contributed by atoms with Crippen molar-refractivity contribution in [2.75, 3.05) is 33.3 Å². The molecule has 7 nitrogen and oxygen atoms in total. The highest BCUT2D eigenvalue weighted by Gasteiger charge is 2.17. The van der Waals surface area contributed by atoms with Crippen molar-refractivity contribution in [2.45, 2.75) is 32.1 Å². The topological polar surface area (TPSA) is 84.7 Å². The molecular formula is C17H25N3O4. The van der Waals surface area contributed by atoms with Crippen LogP contribution in [0.4, 0.5) is 5.69 Å². The van der Waals surface area contributed by atoms with Crippen molar-refractivity contribution < 1.29 is 14.5 Å². The van der Waals surface area contributed by atoms with Crippen LogP contribution in [0.5, 0.6) is 5.75 Å². The van der Waals surface area contributed by atoms with E-state index in [1.54, 1.807) is 0 Å². The zero-order chi connectivity index (χ0) is 17.4. The minimum atomic E-state index is -0.518.